The van der Waals surface area contributed by atoms with Crippen LogP contribution in [-0.2, 0) is 0 Å². The summed E-state index contributed by atoms with van der Waals surface area (Å²) in [4.78, 5) is 7.02. The zero-order chi connectivity index (χ0) is 12.5. The van der Waals surface area contributed by atoms with Crippen LogP contribution in [0.2, 0.25) is 0 Å². The Morgan fingerprint density at radius 2 is 2.06 bits per heavy atom. The van der Waals surface area contributed by atoms with E-state index >= 15 is 0 Å². The highest BCUT2D eigenvalue weighted by molar-refractivity contribution is 8.03. The first-order chi connectivity index (χ1) is 8.74. The number of nitrogens with zero attached hydrogens (tertiary/aromatic N) is 3. The Morgan fingerprint density at radius 3 is 2.83 bits per heavy atom. The van der Waals surface area contributed by atoms with Gasteiger partial charge in [-0.15, -0.1) is 0 Å². The molecule has 3 rings (SSSR count). The molecule has 0 saturated carbocycles. The van der Waals surface area contributed by atoms with Crippen LogP contribution >= 0.6 is 11.8 Å². The van der Waals surface area contributed by atoms with Crippen LogP contribution in [0.1, 0.15) is 0 Å². The van der Waals surface area contributed by atoms with Gasteiger partial charge in [-0.25, -0.2) is 5.01 Å². The van der Waals surface area contributed by atoms with Gasteiger partial charge in [0.25, 0.3) is 0 Å². The molecule has 0 fully saturated rings. The fourth-order valence-corrected chi connectivity index (χ4v) is 3.22. The molecule has 2 heterocycles. The Kier molecular flexibility index (Phi) is 2.97. The van der Waals surface area contributed by atoms with Crippen molar-refractivity contribution in [1.29, 1.82) is 0 Å². The molecule has 0 aliphatic carbocycles. The smallest absolute Gasteiger partial charge is 0.0713 e. The summed E-state index contributed by atoms with van der Waals surface area (Å²) in [5.41, 5.74) is 1.06. The van der Waals surface area contributed by atoms with Crippen molar-refractivity contribution in [3.63, 3.8) is 0 Å². The monoisotopic (exact) mass is 257 g/mol. The van der Waals surface area contributed by atoms with Gasteiger partial charge in [0.15, 0.2) is 0 Å². The largest absolute Gasteiger partial charge is 0.315 e. The fourth-order valence-electron chi connectivity index (χ4n) is 2.05. The Morgan fingerprint density at radius 1 is 1.17 bits per heavy atom. The average Bonchev–Trinajstić information content (AvgIpc) is 2.69. The van der Waals surface area contributed by atoms with Crippen LogP contribution in [-0.4, -0.2) is 35.6 Å². The number of hydrogen-bond acceptors (Lipinski definition) is 4. The van der Waals surface area contributed by atoms with Crippen LogP contribution in [0.5, 0.6) is 0 Å². The second-order valence-electron chi connectivity index (χ2n) is 4.41. The highest BCUT2D eigenvalue weighted by atomic mass is 32.2. The Balaban J connectivity index is 1.94. The van der Waals surface area contributed by atoms with Crippen LogP contribution in [0.3, 0.4) is 0 Å². The highest BCUT2D eigenvalue weighted by Gasteiger charge is 2.16. The molecular weight excluding hydrogens is 242 g/mol. The maximum atomic E-state index is 4.39. The molecule has 3 nitrogen and oxygen atoms in total. The third-order valence-corrected chi connectivity index (χ3v) is 4.17. The molecule has 0 spiro atoms. The first-order valence-corrected chi connectivity index (χ1v) is 6.72. The maximum absolute atomic E-state index is 4.39. The van der Waals surface area contributed by atoms with Crippen LogP contribution in [0.25, 0.3) is 10.9 Å². The molecule has 0 saturated heterocycles. The van der Waals surface area contributed by atoms with E-state index in [4.69, 9.17) is 0 Å². The summed E-state index contributed by atoms with van der Waals surface area (Å²) < 4.78 is 0. The molecule has 92 valence electrons. The van der Waals surface area contributed by atoms with E-state index in [1.165, 1.54) is 15.2 Å². The standard InChI is InChI=1S/C14H15N3S/c1-16-9-11(10-17(16)2)18-14-7-3-6-13-12(14)5-4-8-15-13/h3-9H,10H2,1-2H3. The van der Waals surface area contributed by atoms with Crippen molar-refractivity contribution in [2.75, 3.05) is 20.6 Å². The van der Waals surface area contributed by atoms with E-state index in [0.29, 0.717) is 0 Å². The molecule has 0 radical (unpaired) electrons. The minimum atomic E-state index is 0.970. The van der Waals surface area contributed by atoms with Gasteiger partial charge in [-0.3, -0.25) is 4.98 Å². The van der Waals surface area contributed by atoms with E-state index in [1.54, 1.807) is 0 Å². The number of thioether (sulfide) groups is 1. The molecule has 0 bridgehead atoms. The van der Waals surface area contributed by atoms with Gasteiger partial charge in [-0.1, -0.05) is 23.9 Å². The minimum absolute atomic E-state index is 0.970. The van der Waals surface area contributed by atoms with E-state index in [2.05, 4.69) is 59.6 Å². The van der Waals surface area contributed by atoms with Gasteiger partial charge >= 0.3 is 0 Å². The van der Waals surface area contributed by atoms with Crippen LogP contribution in [0.15, 0.2) is 52.5 Å². The predicted molar refractivity (Wildman–Crippen MR) is 76.1 cm³/mol. The van der Waals surface area contributed by atoms with Gasteiger partial charge in [0.1, 0.15) is 0 Å². The summed E-state index contributed by atoms with van der Waals surface area (Å²) >= 11 is 1.83. The maximum Gasteiger partial charge on any atom is 0.0713 e. The number of hydrazine groups is 1. The molecule has 1 aliphatic heterocycles. The molecule has 1 aromatic heterocycles. The normalized spacial score (nSPS) is 16.3. The quantitative estimate of drug-likeness (QED) is 0.823. The van der Waals surface area contributed by atoms with Crippen LogP contribution < -0.4 is 0 Å². The average molecular weight is 257 g/mol. The van der Waals surface area contributed by atoms with Crippen LogP contribution in [0, 0.1) is 0 Å². The molecule has 1 aliphatic rings. The lowest BCUT2D eigenvalue weighted by molar-refractivity contribution is 0.117. The van der Waals surface area contributed by atoms with Crippen molar-refractivity contribution >= 4 is 22.7 Å². The topological polar surface area (TPSA) is 19.4 Å². The molecule has 4 heteroatoms. The number of pyridine rings is 1. The highest BCUT2D eigenvalue weighted by Crippen LogP contribution is 2.34. The van der Waals surface area contributed by atoms with Gasteiger partial charge in [0.05, 0.1) is 12.1 Å². The van der Waals surface area contributed by atoms with Crippen molar-refractivity contribution in [3.8, 4) is 0 Å². The molecule has 18 heavy (non-hydrogen) atoms. The summed E-state index contributed by atoms with van der Waals surface area (Å²) in [6.45, 7) is 0.970. The van der Waals surface area contributed by atoms with Crippen molar-refractivity contribution in [2.24, 2.45) is 0 Å². The van der Waals surface area contributed by atoms with E-state index in [9.17, 15) is 0 Å². The number of benzene rings is 1. The van der Waals surface area contributed by atoms with Gasteiger partial charge in [-0.2, -0.15) is 0 Å². The summed E-state index contributed by atoms with van der Waals surface area (Å²) in [6.07, 6.45) is 4.02. The molecular formula is C14H15N3S. The number of rotatable bonds is 2. The lowest BCUT2D eigenvalue weighted by atomic mass is 10.2. The van der Waals surface area contributed by atoms with E-state index in [0.717, 1.165) is 12.1 Å². The predicted octanol–water partition coefficient (Wildman–Crippen LogP) is 2.96. The van der Waals surface area contributed by atoms with E-state index < -0.39 is 0 Å². The summed E-state index contributed by atoms with van der Waals surface area (Å²) in [6, 6.07) is 10.4. The zero-order valence-corrected chi connectivity index (χ0v) is 11.3. The van der Waals surface area contributed by atoms with E-state index in [-0.39, 0.29) is 0 Å². The Hall–Kier alpha value is -1.52. The summed E-state index contributed by atoms with van der Waals surface area (Å²) in [5, 5.41) is 5.53. The first kappa shape index (κ1) is 11.6. The lowest BCUT2D eigenvalue weighted by Gasteiger charge is -2.18. The molecule has 0 N–H and O–H groups in total. The number of hydrogen-bond donors (Lipinski definition) is 0. The van der Waals surface area contributed by atoms with Gasteiger partial charge in [0.2, 0.25) is 0 Å². The number of fused-ring (bicyclic) bond motifs is 1. The zero-order valence-electron chi connectivity index (χ0n) is 10.5. The first-order valence-electron chi connectivity index (χ1n) is 5.90. The van der Waals surface area contributed by atoms with Crippen molar-refractivity contribution in [3.05, 3.63) is 47.6 Å². The molecule has 0 atom stereocenters. The second kappa shape index (κ2) is 4.63. The lowest BCUT2D eigenvalue weighted by Crippen LogP contribution is -2.27. The van der Waals surface area contributed by atoms with E-state index in [1.807, 2.05) is 24.0 Å². The number of aromatic nitrogens is 1. The summed E-state index contributed by atoms with van der Waals surface area (Å²) in [7, 11) is 4.16. The van der Waals surface area contributed by atoms with Crippen molar-refractivity contribution in [1.82, 2.24) is 15.0 Å². The fraction of sp³-hybridized carbons (Fsp3) is 0.214. The van der Waals surface area contributed by atoms with Crippen LogP contribution in [0.4, 0.5) is 0 Å². The third kappa shape index (κ3) is 2.09. The van der Waals surface area contributed by atoms with Gasteiger partial charge in [0, 0.05) is 41.7 Å². The molecule has 1 aromatic carbocycles. The molecule has 2 aromatic rings. The molecule has 0 unspecified atom stereocenters. The molecule has 0 amide bonds. The summed E-state index contributed by atoms with van der Waals surface area (Å²) in [5.74, 6) is 0. The van der Waals surface area contributed by atoms with Crippen molar-refractivity contribution in [2.45, 2.75) is 4.90 Å². The Labute approximate surface area is 111 Å². The van der Waals surface area contributed by atoms with Gasteiger partial charge < -0.3 is 5.01 Å². The van der Waals surface area contributed by atoms with Crippen molar-refractivity contribution < 1.29 is 0 Å². The number of likely N-dealkylation sites (N-methyl/N-ethyl adjacent to an activating group) is 1. The minimum Gasteiger partial charge on any atom is -0.315 e. The Bertz CT molecular complexity index is 604. The van der Waals surface area contributed by atoms with Gasteiger partial charge in [-0.05, 0) is 18.2 Å². The third-order valence-electron chi connectivity index (χ3n) is 3.10. The second-order valence-corrected chi connectivity index (χ2v) is 5.58. The SMILES string of the molecule is CN1C=C(Sc2cccc3ncccc23)CN1C.